The van der Waals surface area contributed by atoms with E-state index in [-0.39, 0.29) is 34.8 Å². The summed E-state index contributed by atoms with van der Waals surface area (Å²) in [6, 6.07) is 13.7. The average Bonchev–Trinajstić information content (AvgIpc) is 3.31. The highest BCUT2D eigenvalue weighted by Crippen LogP contribution is 2.34. The van der Waals surface area contributed by atoms with Gasteiger partial charge in [-0.05, 0) is 42.7 Å². The van der Waals surface area contributed by atoms with Gasteiger partial charge in [-0.15, -0.1) is 0 Å². The first kappa shape index (κ1) is 16.4. The molecule has 4 rings (SSSR count). The Balaban J connectivity index is 1.60. The van der Waals surface area contributed by atoms with Crippen LogP contribution >= 0.6 is 0 Å². The molecule has 0 unspecified atom stereocenters. The molecule has 1 aliphatic rings. The Morgan fingerprint density at radius 2 is 1.96 bits per heavy atom. The molecule has 1 fully saturated rings. The molecular weight excluding hydrogens is 338 g/mol. The van der Waals surface area contributed by atoms with Crippen LogP contribution < -0.4 is 0 Å². The van der Waals surface area contributed by atoms with Crippen molar-refractivity contribution in [3.8, 4) is 11.3 Å². The maximum Gasteiger partial charge on any atom is 0.292 e. The van der Waals surface area contributed by atoms with Gasteiger partial charge in [0.1, 0.15) is 17.3 Å². The smallest absolute Gasteiger partial charge is 0.292 e. The van der Waals surface area contributed by atoms with Crippen molar-refractivity contribution in [3.05, 3.63) is 77.6 Å². The predicted molar refractivity (Wildman–Crippen MR) is 91.3 cm³/mol. The van der Waals surface area contributed by atoms with Crippen LogP contribution in [0.5, 0.6) is 0 Å². The zero-order valence-corrected chi connectivity index (χ0v) is 13.9. The van der Waals surface area contributed by atoms with Crippen molar-refractivity contribution in [3.63, 3.8) is 0 Å². The molecule has 26 heavy (non-hydrogen) atoms. The van der Waals surface area contributed by atoms with Gasteiger partial charge in [0.15, 0.2) is 0 Å². The van der Waals surface area contributed by atoms with Crippen LogP contribution in [-0.4, -0.2) is 22.5 Å². The van der Waals surface area contributed by atoms with Gasteiger partial charge in [-0.1, -0.05) is 29.4 Å². The fraction of sp³-hybridized carbons (Fsp3) is 0.200. The molecule has 0 spiro atoms. The fourth-order valence-electron chi connectivity index (χ4n) is 3.38. The van der Waals surface area contributed by atoms with Crippen molar-refractivity contribution in [2.24, 2.45) is 0 Å². The van der Waals surface area contributed by atoms with E-state index in [1.54, 1.807) is 29.2 Å². The Bertz CT molecular complexity index is 954. The first-order valence-corrected chi connectivity index (χ1v) is 8.41. The van der Waals surface area contributed by atoms with Crippen molar-refractivity contribution in [1.82, 2.24) is 10.1 Å². The maximum atomic E-state index is 13.9. The highest BCUT2D eigenvalue weighted by Gasteiger charge is 2.32. The number of nitrogens with zero attached hydrogens (tertiary/aromatic N) is 2. The van der Waals surface area contributed by atoms with Crippen LogP contribution in [0.1, 0.15) is 35.0 Å². The molecule has 1 saturated heterocycles. The van der Waals surface area contributed by atoms with Gasteiger partial charge in [-0.25, -0.2) is 8.78 Å². The van der Waals surface area contributed by atoms with E-state index in [0.717, 1.165) is 18.4 Å². The first-order chi connectivity index (χ1) is 12.6. The van der Waals surface area contributed by atoms with E-state index in [1.165, 1.54) is 24.3 Å². The van der Waals surface area contributed by atoms with Crippen molar-refractivity contribution in [1.29, 1.82) is 0 Å². The second kappa shape index (κ2) is 6.71. The minimum Gasteiger partial charge on any atom is -0.350 e. The summed E-state index contributed by atoms with van der Waals surface area (Å²) in [5, 5.41) is 3.83. The Hall–Kier alpha value is -3.02. The SMILES string of the molecule is O=C(c1cc(-c2ccccc2F)no1)N1CCC[C@@H]1c1cccc(F)c1. The highest BCUT2D eigenvalue weighted by atomic mass is 19.1. The molecule has 0 N–H and O–H groups in total. The van der Waals surface area contributed by atoms with Crippen molar-refractivity contribution in [2.75, 3.05) is 6.54 Å². The van der Waals surface area contributed by atoms with E-state index < -0.39 is 5.82 Å². The quantitative estimate of drug-likeness (QED) is 0.691. The van der Waals surface area contributed by atoms with Crippen molar-refractivity contribution < 1.29 is 18.1 Å². The standard InChI is InChI=1S/C20H16F2N2O2/c21-14-6-3-5-13(11-14)18-9-4-10-24(18)20(25)19-12-17(23-26-19)15-7-1-2-8-16(15)22/h1-3,5-8,11-12,18H,4,9-10H2/t18-/m1/s1. The summed E-state index contributed by atoms with van der Waals surface area (Å²) in [7, 11) is 0. The Labute approximate surface area is 149 Å². The van der Waals surface area contributed by atoms with Gasteiger partial charge in [-0.3, -0.25) is 4.79 Å². The summed E-state index contributed by atoms with van der Waals surface area (Å²) >= 11 is 0. The molecule has 2 aromatic carbocycles. The molecule has 1 aromatic heterocycles. The first-order valence-electron chi connectivity index (χ1n) is 8.41. The van der Waals surface area contributed by atoms with Gasteiger partial charge in [0.25, 0.3) is 5.91 Å². The number of rotatable bonds is 3. The molecule has 3 aromatic rings. The van der Waals surface area contributed by atoms with E-state index in [9.17, 15) is 13.6 Å². The van der Waals surface area contributed by atoms with E-state index in [1.807, 2.05) is 6.07 Å². The Kier molecular flexibility index (Phi) is 4.24. The molecule has 2 heterocycles. The number of hydrogen-bond acceptors (Lipinski definition) is 3. The number of likely N-dealkylation sites (tertiary alicyclic amines) is 1. The van der Waals surface area contributed by atoms with E-state index in [2.05, 4.69) is 5.16 Å². The largest absolute Gasteiger partial charge is 0.350 e. The molecule has 0 saturated carbocycles. The molecular formula is C20H16F2N2O2. The molecule has 1 atom stereocenters. The fourth-order valence-corrected chi connectivity index (χ4v) is 3.38. The molecule has 6 heteroatoms. The molecule has 1 amide bonds. The minimum absolute atomic E-state index is 0.0477. The molecule has 0 aliphatic carbocycles. The average molecular weight is 354 g/mol. The van der Waals surface area contributed by atoms with Gasteiger partial charge in [0.2, 0.25) is 5.76 Å². The third-order valence-corrected chi connectivity index (χ3v) is 4.62. The van der Waals surface area contributed by atoms with Crippen LogP contribution in [0.25, 0.3) is 11.3 Å². The topological polar surface area (TPSA) is 46.3 Å². The summed E-state index contributed by atoms with van der Waals surface area (Å²) in [4.78, 5) is 14.5. The molecule has 1 aliphatic heterocycles. The van der Waals surface area contributed by atoms with Crippen LogP contribution in [-0.2, 0) is 0 Å². The van der Waals surface area contributed by atoms with Gasteiger partial charge < -0.3 is 9.42 Å². The van der Waals surface area contributed by atoms with Crippen molar-refractivity contribution in [2.45, 2.75) is 18.9 Å². The Morgan fingerprint density at radius 1 is 1.12 bits per heavy atom. The normalized spacial score (nSPS) is 16.8. The van der Waals surface area contributed by atoms with Gasteiger partial charge in [0, 0.05) is 18.2 Å². The van der Waals surface area contributed by atoms with Crippen LogP contribution in [0, 0.1) is 11.6 Å². The zero-order chi connectivity index (χ0) is 18.1. The lowest BCUT2D eigenvalue weighted by Gasteiger charge is -2.23. The zero-order valence-electron chi connectivity index (χ0n) is 13.9. The third-order valence-electron chi connectivity index (χ3n) is 4.62. The monoisotopic (exact) mass is 354 g/mol. The minimum atomic E-state index is -0.432. The number of hydrogen-bond donors (Lipinski definition) is 0. The maximum absolute atomic E-state index is 13.9. The number of amides is 1. The summed E-state index contributed by atoms with van der Waals surface area (Å²) in [5.41, 5.74) is 1.30. The lowest BCUT2D eigenvalue weighted by Crippen LogP contribution is -2.30. The van der Waals surface area contributed by atoms with Crippen molar-refractivity contribution >= 4 is 5.91 Å². The second-order valence-corrected chi connectivity index (χ2v) is 6.27. The lowest BCUT2D eigenvalue weighted by molar-refractivity contribution is 0.0693. The summed E-state index contributed by atoms with van der Waals surface area (Å²) in [5.74, 6) is -1.04. The summed E-state index contributed by atoms with van der Waals surface area (Å²) < 4.78 is 32.6. The van der Waals surface area contributed by atoms with Crippen LogP contribution in [0.2, 0.25) is 0 Å². The van der Waals surface area contributed by atoms with Crippen LogP contribution in [0.15, 0.2) is 59.1 Å². The molecule has 4 nitrogen and oxygen atoms in total. The van der Waals surface area contributed by atoms with Crippen LogP contribution in [0.4, 0.5) is 8.78 Å². The van der Waals surface area contributed by atoms with Gasteiger partial charge in [-0.2, -0.15) is 0 Å². The van der Waals surface area contributed by atoms with Crippen LogP contribution in [0.3, 0.4) is 0 Å². The van der Waals surface area contributed by atoms with Gasteiger partial charge in [0.05, 0.1) is 6.04 Å². The molecule has 0 radical (unpaired) electrons. The third kappa shape index (κ3) is 2.98. The number of carbonyl (C=O) groups is 1. The molecule has 132 valence electrons. The number of aromatic nitrogens is 1. The van der Waals surface area contributed by atoms with E-state index in [4.69, 9.17) is 4.52 Å². The number of carbonyl (C=O) groups excluding carboxylic acids is 1. The Morgan fingerprint density at radius 3 is 2.77 bits per heavy atom. The second-order valence-electron chi connectivity index (χ2n) is 6.27. The summed E-state index contributed by atoms with van der Waals surface area (Å²) in [6.07, 6.45) is 1.57. The number of benzene rings is 2. The summed E-state index contributed by atoms with van der Waals surface area (Å²) in [6.45, 7) is 0.551. The highest BCUT2D eigenvalue weighted by molar-refractivity contribution is 5.93. The lowest BCUT2D eigenvalue weighted by atomic mass is 10.0. The predicted octanol–water partition coefficient (Wildman–Crippen LogP) is 4.60. The van der Waals surface area contributed by atoms with E-state index in [0.29, 0.717) is 6.54 Å². The number of halogens is 2. The molecule has 0 bridgehead atoms. The van der Waals surface area contributed by atoms with E-state index >= 15 is 0 Å². The van der Waals surface area contributed by atoms with Gasteiger partial charge >= 0.3 is 0 Å².